The summed E-state index contributed by atoms with van der Waals surface area (Å²) in [6.45, 7) is 4.31. The third-order valence-corrected chi connectivity index (χ3v) is 4.22. The first-order valence-corrected chi connectivity index (χ1v) is 8.01. The number of carbonyl (C=O) groups excluding carboxylic acids is 1. The van der Waals surface area contributed by atoms with E-state index in [0.717, 1.165) is 36.3 Å². The van der Waals surface area contributed by atoms with Gasteiger partial charge in [-0.2, -0.15) is 0 Å². The van der Waals surface area contributed by atoms with Gasteiger partial charge in [0.2, 0.25) is 5.91 Å². The normalized spacial score (nSPS) is 14.8. The third-order valence-electron chi connectivity index (χ3n) is 4.22. The van der Waals surface area contributed by atoms with Gasteiger partial charge in [0, 0.05) is 19.0 Å². The molecule has 0 saturated heterocycles. The van der Waals surface area contributed by atoms with Crippen LogP contribution in [0.15, 0.2) is 18.2 Å². The second kappa shape index (κ2) is 7.02. The van der Waals surface area contributed by atoms with Crippen LogP contribution in [0.1, 0.15) is 45.1 Å². The van der Waals surface area contributed by atoms with E-state index >= 15 is 0 Å². The van der Waals surface area contributed by atoms with Gasteiger partial charge in [0.25, 0.3) is 0 Å². The fourth-order valence-electron chi connectivity index (χ4n) is 3.07. The van der Waals surface area contributed by atoms with E-state index in [-0.39, 0.29) is 18.7 Å². The molecule has 126 valence electrons. The lowest BCUT2D eigenvalue weighted by Crippen LogP contribution is -2.35. The Balaban J connectivity index is 2.25. The number of methoxy groups -OCH3 is 1. The maximum absolute atomic E-state index is 12.8. The highest BCUT2D eigenvalue weighted by atomic mass is 16.5. The van der Waals surface area contributed by atoms with Gasteiger partial charge in [-0.3, -0.25) is 9.59 Å². The number of aryl methyl sites for hydroxylation is 1. The van der Waals surface area contributed by atoms with E-state index in [4.69, 9.17) is 9.84 Å². The van der Waals surface area contributed by atoms with E-state index in [1.54, 1.807) is 12.0 Å². The lowest BCUT2D eigenvalue weighted by Gasteiger charge is -2.28. The lowest BCUT2D eigenvalue weighted by molar-refractivity contribution is -0.139. The number of hydrogen-bond acceptors (Lipinski definition) is 3. The molecular weight excluding hydrogens is 294 g/mol. The minimum absolute atomic E-state index is 0.0163. The van der Waals surface area contributed by atoms with Gasteiger partial charge in [-0.15, -0.1) is 0 Å². The van der Waals surface area contributed by atoms with Crippen LogP contribution in [0, 0.1) is 5.41 Å². The average Bonchev–Trinajstić information content (AvgIpc) is 2.66. The van der Waals surface area contributed by atoms with Gasteiger partial charge in [0.1, 0.15) is 5.75 Å². The first kappa shape index (κ1) is 17.3. The number of benzene rings is 1. The SMILES string of the molecule is COc1ccc2c(c1)N(C(=O)CC(C)(C)CC(=O)O)CCCC2. The van der Waals surface area contributed by atoms with Gasteiger partial charge >= 0.3 is 5.97 Å². The van der Waals surface area contributed by atoms with E-state index < -0.39 is 11.4 Å². The number of ether oxygens (including phenoxy) is 1. The van der Waals surface area contributed by atoms with Gasteiger partial charge in [0.05, 0.1) is 19.2 Å². The fraction of sp³-hybridized carbons (Fsp3) is 0.556. The minimum Gasteiger partial charge on any atom is -0.497 e. The van der Waals surface area contributed by atoms with Crippen molar-refractivity contribution < 1.29 is 19.4 Å². The molecule has 0 spiro atoms. The molecule has 1 aliphatic heterocycles. The summed E-state index contributed by atoms with van der Waals surface area (Å²) in [6.07, 6.45) is 3.14. The lowest BCUT2D eigenvalue weighted by atomic mass is 9.85. The molecule has 0 radical (unpaired) electrons. The zero-order valence-corrected chi connectivity index (χ0v) is 14.1. The summed E-state index contributed by atoms with van der Waals surface area (Å²) in [6, 6.07) is 5.84. The van der Waals surface area contributed by atoms with E-state index in [9.17, 15) is 9.59 Å². The Bertz CT molecular complexity index is 595. The Morgan fingerprint density at radius 1 is 1.26 bits per heavy atom. The molecule has 0 aromatic heterocycles. The van der Waals surface area contributed by atoms with Crippen molar-refractivity contribution >= 4 is 17.6 Å². The molecule has 1 N–H and O–H groups in total. The average molecular weight is 319 g/mol. The van der Waals surface area contributed by atoms with Crippen molar-refractivity contribution in [1.29, 1.82) is 0 Å². The zero-order valence-electron chi connectivity index (χ0n) is 14.1. The Labute approximate surface area is 137 Å². The molecule has 0 fully saturated rings. The molecule has 0 saturated carbocycles. The van der Waals surface area contributed by atoms with Crippen molar-refractivity contribution in [3.63, 3.8) is 0 Å². The van der Waals surface area contributed by atoms with Crippen LogP contribution >= 0.6 is 0 Å². The fourth-order valence-corrected chi connectivity index (χ4v) is 3.07. The van der Waals surface area contributed by atoms with Crippen molar-refractivity contribution in [2.24, 2.45) is 5.41 Å². The van der Waals surface area contributed by atoms with Crippen LogP contribution in [0.5, 0.6) is 5.75 Å². The summed E-state index contributed by atoms with van der Waals surface area (Å²) in [4.78, 5) is 25.6. The van der Waals surface area contributed by atoms with Gasteiger partial charge in [0.15, 0.2) is 0 Å². The van der Waals surface area contributed by atoms with Crippen LogP contribution in [0.3, 0.4) is 0 Å². The molecule has 1 aromatic rings. The Hall–Kier alpha value is -2.04. The van der Waals surface area contributed by atoms with Crippen LogP contribution in [-0.4, -0.2) is 30.6 Å². The molecule has 0 aliphatic carbocycles. The Morgan fingerprint density at radius 2 is 2.00 bits per heavy atom. The molecule has 5 nitrogen and oxygen atoms in total. The molecule has 0 bridgehead atoms. The monoisotopic (exact) mass is 319 g/mol. The second-order valence-corrected chi connectivity index (χ2v) is 6.91. The van der Waals surface area contributed by atoms with Gasteiger partial charge in [-0.1, -0.05) is 19.9 Å². The zero-order chi connectivity index (χ0) is 17.0. The molecule has 0 atom stereocenters. The molecule has 2 rings (SSSR count). The summed E-state index contributed by atoms with van der Waals surface area (Å²) in [7, 11) is 1.61. The second-order valence-electron chi connectivity index (χ2n) is 6.91. The number of rotatable bonds is 5. The molecule has 0 unspecified atom stereocenters. The predicted octanol–water partition coefficient (Wildman–Crippen LogP) is 3.26. The minimum atomic E-state index is -0.874. The first-order chi connectivity index (χ1) is 10.8. The van der Waals surface area contributed by atoms with E-state index in [0.29, 0.717) is 6.54 Å². The van der Waals surface area contributed by atoms with Crippen molar-refractivity contribution in [1.82, 2.24) is 0 Å². The number of carboxylic acids is 1. The molecule has 23 heavy (non-hydrogen) atoms. The molecular formula is C18H25NO4. The topological polar surface area (TPSA) is 66.8 Å². The van der Waals surface area contributed by atoms with Crippen molar-refractivity contribution in [3.05, 3.63) is 23.8 Å². The number of carboxylic acid groups (broad SMARTS) is 1. The molecule has 1 aliphatic rings. The largest absolute Gasteiger partial charge is 0.497 e. The highest BCUT2D eigenvalue weighted by Gasteiger charge is 2.29. The Kier molecular flexibility index (Phi) is 5.29. The van der Waals surface area contributed by atoms with Crippen LogP contribution in [0.2, 0.25) is 0 Å². The van der Waals surface area contributed by atoms with E-state index in [1.807, 2.05) is 32.0 Å². The molecule has 5 heteroatoms. The van der Waals surface area contributed by atoms with Crippen molar-refractivity contribution in [2.45, 2.75) is 46.0 Å². The van der Waals surface area contributed by atoms with Crippen molar-refractivity contribution in [2.75, 3.05) is 18.6 Å². The summed E-state index contributed by atoms with van der Waals surface area (Å²) in [5.41, 5.74) is 1.49. The highest BCUT2D eigenvalue weighted by molar-refractivity contribution is 5.95. The summed E-state index contributed by atoms with van der Waals surface area (Å²) >= 11 is 0. The smallest absolute Gasteiger partial charge is 0.303 e. The number of anilines is 1. The van der Waals surface area contributed by atoms with Crippen LogP contribution in [0.25, 0.3) is 0 Å². The van der Waals surface area contributed by atoms with Gasteiger partial charge < -0.3 is 14.7 Å². The standard InChI is InChI=1S/C18H25NO4/c1-18(2,12-17(21)22)11-16(20)19-9-5-4-6-13-7-8-14(23-3)10-15(13)19/h7-8,10H,4-6,9,11-12H2,1-3H3,(H,21,22). The van der Waals surface area contributed by atoms with Gasteiger partial charge in [-0.05, 0) is 36.3 Å². The predicted molar refractivity (Wildman–Crippen MR) is 88.9 cm³/mol. The van der Waals surface area contributed by atoms with E-state index in [2.05, 4.69) is 0 Å². The summed E-state index contributed by atoms with van der Waals surface area (Å²) < 4.78 is 5.29. The summed E-state index contributed by atoms with van der Waals surface area (Å²) in [5, 5.41) is 9.00. The Morgan fingerprint density at radius 3 is 2.65 bits per heavy atom. The van der Waals surface area contributed by atoms with Crippen LogP contribution < -0.4 is 9.64 Å². The van der Waals surface area contributed by atoms with E-state index in [1.165, 1.54) is 0 Å². The molecule has 1 heterocycles. The van der Waals surface area contributed by atoms with Crippen molar-refractivity contribution in [3.8, 4) is 5.75 Å². The quantitative estimate of drug-likeness (QED) is 0.904. The molecule has 1 amide bonds. The maximum atomic E-state index is 12.8. The maximum Gasteiger partial charge on any atom is 0.303 e. The number of hydrogen-bond donors (Lipinski definition) is 1. The number of amides is 1. The number of nitrogens with zero attached hydrogens (tertiary/aromatic N) is 1. The third kappa shape index (κ3) is 4.47. The number of carbonyl (C=O) groups is 2. The van der Waals surface area contributed by atoms with Crippen LogP contribution in [-0.2, 0) is 16.0 Å². The number of fused-ring (bicyclic) bond motifs is 1. The van der Waals surface area contributed by atoms with Crippen LogP contribution in [0.4, 0.5) is 5.69 Å². The van der Waals surface area contributed by atoms with Gasteiger partial charge in [-0.25, -0.2) is 0 Å². The molecule has 1 aromatic carbocycles. The first-order valence-electron chi connectivity index (χ1n) is 8.01. The highest BCUT2D eigenvalue weighted by Crippen LogP contribution is 2.33. The summed E-state index contributed by atoms with van der Waals surface area (Å²) in [5.74, 6) is -0.165. The number of aliphatic carboxylic acids is 1.